The first-order chi connectivity index (χ1) is 22.9. The van der Waals surface area contributed by atoms with Crippen molar-refractivity contribution in [3.05, 3.63) is 59.2 Å². The van der Waals surface area contributed by atoms with E-state index >= 15 is 13.2 Å². The second-order valence-electron chi connectivity index (χ2n) is 13.4. The van der Waals surface area contributed by atoms with E-state index in [1.54, 1.807) is 39.5 Å². The van der Waals surface area contributed by atoms with Crippen LogP contribution < -0.4 is 10.6 Å². The Morgan fingerprint density at radius 3 is 2.60 bits per heavy atom. The number of alkyl halides is 3. The summed E-state index contributed by atoms with van der Waals surface area (Å²) in [5.74, 6) is 0.417. The van der Waals surface area contributed by atoms with Crippen LogP contribution in [-0.4, -0.2) is 97.8 Å². The van der Waals surface area contributed by atoms with Crippen LogP contribution in [0, 0.1) is 0 Å². The first kappa shape index (κ1) is 31.4. The van der Waals surface area contributed by atoms with Crippen molar-refractivity contribution < 1.29 is 22.7 Å². The Labute approximate surface area is 279 Å². The zero-order valence-electron chi connectivity index (χ0n) is 26.9. The minimum Gasteiger partial charge on any atom is -0.375 e. The van der Waals surface area contributed by atoms with Gasteiger partial charge in [-0.05, 0) is 32.4 Å². The number of benzene rings is 2. The van der Waals surface area contributed by atoms with E-state index in [0.29, 0.717) is 53.5 Å². The Morgan fingerprint density at radius 2 is 1.94 bits per heavy atom. The highest BCUT2D eigenvalue weighted by molar-refractivity contribution is 7.99. The van der Waals surface area contributed by atoms with Gasteiger partial charge in [-0.3, -0.25) is 18.9 Å². The molecule has 5 atom stereocenters. The second kappa shape index (κ2) is 11.3. The predicted molar refractivity (Wildman–Crippen MR) is 178 cm³/mol. The van der Waals surface area contributed by atoms with Crippen LogP contribution in [0.25, 0.3) is 32.9 Å². The van der Waals surface area contributed by atoms with Gasteiger partial charge in [0, 0.05) is 83.9 Å². The molecular weight excluding hydrogens is 643 g/mol. The lowest BCUT2D eigenvalue weighted by molar-refractivity contribution is -0.137. The zero-order chi connectivity index (χ0) is 33.6. The molecule has 3 fully saturated rings. The van der Waals surface area contributed by atoms with E-state index in [2.05, 4.69) is 21.6 Å². The summed E-state index contributed by atoms with van der Waals surface area (Å²) in [5.41, 5.74) is 0.247. The topological polar surface area (TPSA) is 88.7 Å². The van der Waals surface area contributed by atoms with Crippen LogP contribution >= 0.6 is 11.8 Å². The number of likely N-dealkylation sites (tertiary alicyclic amines) is 1. The monoisotopic (exact) mass is 679 g/mol. The lowest BCUT2D eigenvalue weighted by Crippen LogP contribution is -2.58. The Morgan fingerprint density at radius 1 is 1.17 bits per heavy atom. The number of rotatable bonds is 5. The van der Waals surface area contributed by atoms with Crippen LogP contribution in [0.3, 0.4) is 0 Å². The molecule has 0 spiro atoms. The Balaban J connectivity index is 1.37. The Kier molecular flexibility index (Phi) is 7.42. The van der Waals surface area contributed by atoms with Crippen LogP contribution in [-0.2, 0) is 22.8 Å². The van der Waals surface area contributed by atoms with Gasteiger partial charge >= 0.3 is 11.9 Å². The molecule has 10 nitrogen and oxygen atoms in total. The fourth-order valence-electron chi connectivity index (χ4n) is 8.40. The molecule has 48 heavy (non-hydrogen) atoms. The lowest BCUT2D eigenvalue weighted by Gasteiger charge is -2.45. The number of hydrogen-bond donors (Lipinski definition) is 0. The van der Waals surface area contributed by atoms with Crippen molar-refractivity contribution in [2.45, 2.75) is 61.6 Å². The number of morpholine rings is 1. The first-order valence-corrected chi connectivity index (χ1v) is 17.2. The smallest absolute Gasteiger partial charge is 0.375 e. The molecule has 2 aromatic heterocycles. The molecule has 4 aliphatic rings. The number of aromatic nitrogens is 4. The minimum absolute atomic E-state index is 0.0507. The standard InChI is InChI=1S/C34H36F3N7O3S/c1-5-27(45)43-18(2)12-42(13-19(43)3)32-25-10-26(34(35,36)37)28(24-8-6-7-20-11-38-40(4)29(20)24)31-30(25)44(33(46)39-32)22(17-48-31)14-41-15-23-9-21(41)16-47-23/h5-8,10-11,18-19,21-23H,1,9,12-17H2,2-4H3/t18-,19+,21-,22-,23-/m0/s1. The number of para-hydroxylation sites is 1. The molecule has 4 aliphatic heterocycles. The summed E-state index contributed by atoms with van der Waals surface area (Å²) >= 11 is 1.38. The van der Waals surface area contributed by atoms with Crippen molar-refractivity contribution in [1.82, 2.24) is 29.1 Å². The molecule has 8 rings (SSSR count). The largest absolute Gasteiger partial charge is 0.417 e. The highest BCUT2D eigenvalue weighted by Crippen LogP contribution is 2.51. The molecular formula is C34H36F3N7O3S. The minimum atomic E-state index is -4.71. The van der Waals surface area contributed by atoms with Gasteiger partial charge in [0.15, 0.2) is 0 Å². The maximum atomic E-state index is 15.3. The maximum absolute atomic E-state index is 15.3. The third-order valence-corrected chi connectivity index (χ3v) is 11.6. The van der Waals surface area contributed by atoms with Gasteiger partial charge in [-0.25, -0.2) is 4.79 Å². The fraction of sp³-hybridized carbons (Fsp3) is 0.471. The number of thioether (sulfide) groups is 1. The number of ether oxygens (including phenoxy) is 1. The van der Waals surface area contributed by atoms with E-state index in [0.717, 1.165) is 18.4 Å². The first-order valence-electron chi connectivity index (χ1n) is 16.2. The third-order valence-electron chi connectivity index (χ3n) is 10.4. The summed E-state index contributed by atoms with van der Waals surface area (Å²) in [6.45, 7) is 9.99. The van der Waals surface area contributed by atoms with Crippen molar-refractivity contribution in [3.8, 4) is 11.1 Å². The fourth-order valence-corrected chi connectivity index (χ4v) is 9.72. The van der Waals surface area contributed by atoms with Crippen LogP contribution in [0.4, 0.5) is 19.0 Å². The number of aryl methyl sites for hydroxylation is 1. The predicted octanol–water partition coefficient (Wildman–Crippen LogP) is 4.70. The number of fused-ring (bicyclic) bond motifs is 3. The molecule has 252 valence electrons. The molecule has 0 aliphatic carbocycles. The van der Waals surface area contributed by atoms with E-state index in [4.69, 9.17) is 4.74 Å². The molecule has 0 N–H and O–H groups in total. The molecule has 1 amide bonds. The molecule has 0 unspecified atom stereocenters. The van der Waals surface area contributed by atoms with Crippen LogP contribution in [0.5, 0.6) is 0 Å². The summed E-state index contributed by atoms with van der Waals surface area (Å²) < 4.78 is 55.0. The molecule has 6 heterocycles. The molecule has 2 aromatic carbocycles. The van der Waals surface area contributed by atoms with Gasteiger partial charge in [-0.1, -0.05) is 24.8 Å². The maximum Gasteiger partial charge on any atom is 0.417 e. The van der Waals surface area contributed by atoms with E-state index in [1.165, 1.54) is 23.9 Å². The molecule has 4 aromatic rings. The van der Waals surface area contributed by atoms with Gasteiger partial charge in [-0.2, -0.15) is 23.3 Å². The summed E-state index contributed by atoms with van der Waals surface area (Å²) in [6.07, 6.45) is -0.673. The van der Waals surface area contributed by atoms with Crippen LogP contribution in [0.2, 0.25) is 0 Å². The number of carbonyl (C=O) groups excluding carboxylic acids is 1. The number of halogens is 3. The summed E-state index contributed by atoms with van der Waals surface area (Å²) in [4.78, 5) is 37.8. The highest BCUT2D eigenvalue weighted by Gasteiger charge is 2.43. The van der Waals surface area contributed by atoms with Gasteiger partial charge in [0.1, 0.15) is 5.82 Å². The van der Waals surface area contributed by atoms with E-state index in [-0.39, 0.29) is 52.9 Å². The van der Waals surface area contributed by atoms with Gasteiger partial charge < -0.3 is 14.5 Å². The Hall–Kier alpha value is -3.88. The van der Waals surface area contributed by atoms with Crippen molar-refractivity contribution >= 4 is 45.3 Å². The van der Waals surface area contributed by atoms with Crippen molar-refractivity contribution in [3.63, 3.8) is 0 Å². The molecule has 0 saturated carbocycles. The van der Waals surface area contributed by atoms with Crippen LogP contribution in [0.15, 0.2) is 52.8 Å². The SMILES string of the molecule is C=CC(=O)N1[C@H](C)CN(c2nc(=O)n3c4c(c(-c5cccc6cnn(C)c56)c(C(F)(F)F)cc24)SC[C@@H]3CN2C[C@@H]3C[C@H]2CO3)C[C@@H]1C. The zero-order valence-corrected chi connectivity index (χ0v) is 27.7. The van der Waals surface area contributed by atoms with E-state index in [1.807, 2.05) is 24.8 Å². The van der Waals surface area contributed by atoms with Crippen molar-refractivity contribution in [2.24, 2.45) is 7.05 Å². The average molecular weight is 680 g/mol. The average Bonchev–Trinajstić information content (AvgIpc) is 3.78. The number of amides is 1. The summed E-state index contributed by atoms with van der Waals surface area (Å²) in [6, 6.07) is 5.86. The van der Waals surface area contributed by atoms with Gasteiger partial charge in [-0.15, -0.1) is 11.8 Å². The number of piperazine rings is 1. The molecule has 0 radical (unpaired) electrons. The third kappa shape index (κ3) is 4.85. The van der Waals surface area contributed by atoms with E-state index < -0.39 is 17.4 Å². The van der Waals surface area contributed by atoms with E-state index in [9.17, 15) is 9.59 Å². The molecule has 2 bridgehead atoms. The summed E-state index contributed by atoms with van der Waals surface area (Å²) in [7, 11) is 1.72. The number of carbonyl (C=O) groups is 1. The van der Waals surface area contributed by atoms with Gasteiger partial charge in [0.2, 0.25) is 5.91 Å². The number of nitrogens with zero attached hydrogens (tertiary/aromatic N) is 7. The quantitative estimate of drug-likeness (QED) is 0.281. The molecule has 3 saturated heterocycles. The number of hydrogen-bond acceptors (Lipinski definition) is 8. The van der Waals surface area contributed by atoms with Crippen molar-refractivity contribution in [1.29, 1.82) is 0 Å². The summed E-state index contributed by atoms with van der Waals surface area (Å²) in [5, 5.41) is 5.35. The lowest BCUT2D eigenvalue weighted by atomic mass is 9.94. The van der Waals surface area contributed by atoms with Crippen LogP contribution in [0.1, 0.15) is 31.9 Å². The second-order valence-corrected chi connectivity index (χ2v) is 14.5. The molecule has 14 heteroatoms. The Bertz CT molecular complexity index is 2030. The van der Waals surface area contributed by atoms with Crippen molar-refractivity contribution in [2.75, 3.05) is 43.4 Å². The van der Waals surface area contributed by atoms with Gasteiger partial charge in [0.25, 0.3) is 0 Å². The van der Waals surface area contributed by atoms with Gasteiger partial charge in [0.05, 0.1) is 41.5 Å². The normalized spacial score (nSPS) is 25.8. The number of anilines is 1. The highest BCUT2D eigenvalue weighted by atomic mass is 32.2.